The second-order valence-corrected chi connectivity index (χ2v) is 12.3. The SMILES string of the molecule is CC1(C)C[C@@H]2CC[C@H](c3cccc(C(F)(F)F)n3)Nc3cccc(n3)SNC(=O)c3ccc(-c4cccc(F)n4)nc3N1C2. The fourth-order valence-electron chi connectivity index (χ4n) is 5.86. The molecule has 4 aromatic rings. The Morgan fingerprint density at radius 3 is 2.48 bits per heavy atom. The molecule has 2 aliphatic heterocycles. The summed E-state index contributed by atoms with van der Waals surface area (Å²) in [7, 11) is 0. The van der Waals surface area contributed by atoms with Crippen molar-refractivity contribution in [3.05, 3.63) is 89.6 Å². The Balaban J connectivity index is 1.40. The molecular formula is C31H29F4N7OS. The third kappa shape index (κ3) is 6.33. The molecule has 1 saturated heterocycles. The van der Waals surface area contributed by atoms with Crippen molar-refractivity contribution in [1.29, 1.82) is 0 Å². The van der Waals surface area contributed by atoms with Gasteiger partial charge in [-0.3, -0.25) is 9.52 Å². The molecule has 0 aromatic carbocycles. The topological polar surface area (TPSA) is 95.9 Å². The first-order valence-corrected chi connectivity index (χ1v) is 14.9. The van der Waals surface area contributed by atoms with Crippen LogP contribution in [0, 0.1) is 11.9 Å². The number of nitrogens with one attached hydrogen (secondary N) is 2. The summed E-state index contributed by atoms with van der Waals surface area (Å²) in [5, 5.41) is 3.77. The number of pyridine rings is 4. The van der Waals surface area contributed by atoms with Crippen LogP contribution in [0.2, 0.25) is 0 Å². The second kappa shape index (κ2) is 11.7. The molecule has 13 heteroatoms. The Morgan fingerprint density at radius 1 is 0.909 bits per heavy atom. The van der Waals surface area contributed by atoms with Crippen LogP contribution >= 0.6 is 11.9 Å². The van der Waals surface area contributed by atoms with Crippen LogP contribution in [-0.4, -0.2) is 37.9 Å². The van der Waals surface area contributed by atoms with E-state index in [2.05, 4.69) is 43.7 Å². The summed E-state index contributed by atoms with van der Waals surface area (Å²) in [5.74, 6) is 0.0180. The molecule has 8 nitrogen and oxygen atoms in total. The molecule has 1 amide bonds. The summed E-state index contributed by atoms with van der Waals surface area (Å²) in [5.41, 5.74) is 0.0266. The number of fused-ring (bicyclic) bond motifs is 6. The third-order valence-electron chi connectivity index (χ3n) is 7.89. The van der Waals surface area contributed by atoms with Gasteiger partial charge in [0.05, 0.1) is 28.7 Å². The fraction of sp³-hybridized carbons (Fsp3) is 0.323. The van der Waals surface area contributed by atoms with Gasteiger partial charge in [0.1, 0.15) is 22.4 Å². The Morgan fingerprint density at radius 2 is 1.68 bits per heavy atom. The van der Waals surface area contributed by atoms with Crippen LogP contribution in [-0.2, 0) is 6.18 Å². The maximum Gasteiger partial charge on any atom is 0.433 e. The molecule has 228 valence electrons. The first-order valence-electron chi connectivity index (χ1n) is 14.1. The standard InChI is InChI=1S/C31H29F4N7OS/c1-30(2)16-18-12-14-22(20-6-3-8-24(36-20)31(33,34)35)38-26-10-5-11-27(40-26)44-41-29(43)19-13-15-23(39-28(19)42(30)17-18)21-7-4-9-25(32)37-21/h3-11,13,15,18,22H,12,14,16-17H2,1-2H3,(H,38,40)(H,41,43)/t18-,22+/m0/s1. The molecule has 44 heavy (non-hydrogen) atoms. The van der Waals surface area contributed by atoms with Crippen molar-refractivity contribution in [2.45, 2.75) is 55.9 Å². The van der Waals surface area contributed by atoms with E-state index in [4.69, 9.17) is 4.98 Å². The van der Waals surface area contributed by atoms with Gasteiger partial charge in [-0.15, -0.1) is 0 Å². The lowest BCUT2D eigenvalue weighted by Gasteiger charge is -2.34. The molecule has 4 bridgehead atoms. The van der Waals surface area contributed by atoms with Gasteiger partial charge in [-0.25, -0.2) is 19.9 Å². The first-order chi connectivity index (χ1) is 21.0. The number of carbonyl (C=O) groups is 1. The number of aromatic nitrogens is 4. The summed E-state index contributed by atoms with van der Waals surface area (Å²) < 4.78 is 57.4. The lowest BCUT2D eigenvalue weighted by atomic mass is 9.91. The Kier molecular flexibility index (Phi) is 7.91. The highest BCUT2D eigenvalue weighted by molar-refractivity contribution is 7.97. The minimum Gasteiger partial charge on any atom is -0.362 e. The molecule has 1 fully saturated rings. The van der Waals surface area contributed by atoms with Crippen LogP contribution in [0.4, 0.5) is 29.2 Å². The molecule has 2 aliphatic rings. The highest BCUT2D eigenvalue weighted by atomic mass is 32.2. The van der Waals surface area contributed by atoms with Gasteiger partial charge >= 0.3 is 6.18 Å². The normalized spacial score (nSPS) is 20.1. The first kappa shape index (κ1) is 29.8. The lowest BCUT2D eigenvalue weighted by molar-refractivity contribution is -0.141. The monoisotopic (exact) mass is 623 g/mol. The smallest absolute Gasteiger partial charge is 0.362 e. The van der Waals surface area contributed by atoms with Crippen molar-refractivity contribution in [2.24, 2.45) is 5.92 Å². The summed E-state index contributed by atoms with van der Waals surface area (Å²) >= 11 is 1.01. The van der Waals surface area contributed by atoms with Crippen LogP contribution in [0.25, 0.3) is 11.4 Å². The quantitative estimate of drug-likeness (QED) is 0.139. The Labute approximate surface area is 255 Å². The number of anilines is 2. The van der Waals surface area contributed by atoms with Crippen molar-refractivity contribution in [3.8, 4) is 11.4 Å². The summed E-state index contributed by atoms with van der Waals surface area (Å²) in [6.07, 6.45) is -2.66. The highest BCUT2D eigenvalue weighted by Gasteiger charge is 2.41. The van der Waals surface area contributed by atoms with E-state index in [1.54, 1.807) is 48.5 Å². The number of amides is 1. The van der Waals surface area contributed by atoms with E-state index in [9.17, 15) is 22.4 Å². The zero-order valence-corrected chi connectivity index (χ0v) is 24.7. The van der Waals surface area contributed by atoms with E-state index in [-0.39, 0.29) is 17.5 Å². The van der Waals surface area contributed by atoms with Gasteiger partial charge in [0.15, 0.2) is 0 Å². The Hall–Kier alpha value is -4.26. The number of nitrogens with zero attached hydrogens (tertiary/aromatic N) is 5. The van der Waals surface area contributed by atoms with Crippen LogP contribution in [0.5, 0.6) is 0 Å². The molecule has 0 radical (unpaired) electrons. The maximum atomic E-state index is 14.0. The van der Waals surface area contributed by atoms with Gasteiger partial charge < -0.3 is 10.2 Å². The summed E-state index contributed by atoms with van der Waals surface area (Å²) in [6, 6.07) is 16.4. The molecule has 6 rings (SSSR count). The summed E-state index contributed by atoms with van der Waals surface area (Å²) in [4.78, 5) is 33.0. The van der Waals surface area contributed by atoms with E-state index in [1.807, 2.05) is 0 Å². The molecule has 4 aromatic heterocycles. The summed E-state index contributed by atoms with van der Waals surface area (Å²) in [6.45, 7) is 4.70. The van der Waals surface area contributed by atoms with Gasteiger partial charge in [0.2, 0.25) is 5.95 Å². The zero-order valence-electron chi connectivity index (χ0n) is 23.9. The lowest BCUT2D eigenvalue weighted by Crippen LogP contribution is -2.40. The number of alkyl halides is 3. The number of hydrogen-bond acceptors (Lipinski definition) is 8. The van der Waals surface area contributed by atoms with Gasteiger partial charge in [0, 0.05) is 24.0 Å². The van der Waals surface area contributed by atoms with Gasteiger partial charge in [-0.1, -0.05) is 18.2 Å². The molecule has 0 aliphatic carbocycles. The van der Waals surface area contributed by atoms with Gasteiger partial charge in [-0.05, 0) is 87.6 Å². The van der Waals surface area contributed by atoms with Crippen LogP contribution < -0.4 is 14.9 Å². The zero-order chi connectivity index (χ0) is 31.1. The molecular weight excluding hydrogens is 594 g/mol. The maximum absolute atomic E-state index is 14.0. The van der Waals surface area contributed by atoms with Crippen LogP contribution in [0.3, 0.4) is 0 Å². The highest BCUT2D eigenvalue weighted by Crippen LogP contribution is 2.41. The molecule has 0 unspecified atom stereocenters. The van der Waals surface area contributed by atoms with E-state index >= 15 is 0 Å². The minimum absolute atomic E-state index is 0.132. The van der Waals surface area contributed by atoms with Crippen molar-refractivity contribution in [2.75, 3.05) is 16.8 Å². The predicted octanol–water partition coefficient (Wildman–Crippen LogP) is 7.08. The average molecular weight is 624 g/mol. The Bertz CT molecular complexity index is 1700. The van der Waals surface area contributed by atoms with Crippen LogP contribution in [0.1, 0.15) is 60.9 Å². The minimum atomic E-state index is -4.57. The molecule has 6 heterocycles. The number of carbonyl (C=O) groups excluding carboxylic acids is 1. The van der Waals surface area contributed by atoms with Crippen molar-refractivity contribution in [1.82, 2.24) is 24.7 Å². The number of rotatable bonds is 2. The van der Waals surface area contributed by atoms with Crippen molar-refractivity contribution in [3.63, 3.8) is 0 Å². The van der Waals surface area contributed by atoms with Gasteiger partial charge in [0.25, 0.3) is 5.91 Å². The van der Waals surface area contributed by atoms with Crippen LogP contribution in [0.15, 0.2) is 71.8 Å². The van der Waals surface area contributed by atoms with Crippen molar-refractivity contribution >= 4 is 29.5 Å². The van der Waals surface area contributed by atoms with E-state index in [0.717, 1.165) is 24.4 Å². The van der Waals surface area contributed by atoms with Crippen molar-refractivity contribution < 1.29 is 22.4 Å². The predicted molar refractivity (Wildman–Crippen MR) is 159 cm³/mol. The molecule has 0 spiro atoms. The largest absolute Gasteiger partial charge is 0.433 e. The van der Waals surface area contributed by atoms with E-state index < -0.39 is 29.4 Å². The molecule has 0 saturated carbocycles. The molecule has 2 N–H and O–H groups in total. The average Bonchev–Trinajstić information content (AvgIpc) is 3.30. The second-order valence-electron chi connectivity index (χ2n) is 11.5. The fourth-order valence-corrected chi connectivity index (χ4v) is 6.46. The van der Waals surface area contributed by atoms with Gasteiger partial charge in [-0.2, -0.15) is 17.6 Å². The number of halogens is 4. The van der Waals surface area contributed by atoms with E-state index in [0.29, 0.717) is 53.0 Å². The molecule has 2 atom stereocenters. The third-order valence-corrected chi connectivity index (χ3v) is 8.61. The number of hydrogen-bond donors (Lipinski definition) is 2. The van der Waals surface area contributed by atoms with E-state index in [1.165, 1.54) is 12.1 Å².